The van der Waals surface area contributed by atoms with Gasteiger partial charge in [0.05, 0.1) is 5.39 Å². The predicted molar refractivity (Wildman–Crippen MR) is 77.6 cm³/mol. The van der Waals surface area contributed by atoms with E-state index in [1.165, 1.54) is 6.07 Å². The normalized spacial score (nSPS) is 11.2. The lowest BCUT2D eigenvalue weighted by molar-refractivity contribution is 0.621. The minimum atomic E-state index is -0.0602. The predicted octanol–water partition coefficient (Wildman–Crippen LogP) is 3.34. The molecule has 4 heteroatoms. The van der Waals surface area contributed by atoms with Crippen molar-refractivity contribution in [3.05, 3.63) is 65.0 Å². The van der Waals surface area contributed by atoms with E-state index in [-0.39, 0.29) is 5.43 Å². The van der Waals surface area contributed by atoms with Gasteiger partial charge in [0.2, 0.25) is 0 Å². The van der Waals surface area contributed by atoms with Crippen molar-refractivity contribution in [1.82, 2.24) is 10.2 Å². The molecule has 4 aromatic rings. The van der Waals surface area contributed by atoms with E-state index in [1.54, 1.807) is 12.3 Å². The molecule has 2 aromatic heterocycles. The Morgan fingerprint density at radius 3 is 2.75 bits per heavy atom. The lowest BCUT2D eigenvalue weighted by Gasteiger charge is -2.03. The van der Waals surface area contributed by atoms with Gasteiger partial charge in [0, 0.05) is 23.2 Å². The number of fused-ring (bicyclic) bond motifs is 3. The second kappa shape index (κ2) is 4.06. The van der Waals surface area contributed by atoms with Crippen LogP contribution in [0.1, 0.15) is 0 Å². The zero-order valence-corrected chi connectivity index (χ0v) is 10.5. The Balaban J connectivity index is 2.13. The SMILES string of the molecule is O=c1cc(-c2ccccc2)oc2c1ccc1c[nH]nc12. The molecule has 0 unspecified atom stereocenters. The Hall–Kier alpha value is -2.88. The van der Waals surface area contributed by atoms with Crippen molar-refractivity contribution in [3.63, 3.8) is 0 Å². The second-order valence-electron chi connectivity index (χ2n) is 4.61. The molecule has 0 atom stereocenters. The molecule has 4 nitrogen and oxygen atoms in total. The van der Waals surface area contributed by atoms with E-state index in [9.17, 15) is 4.79 Å². The molecule has 0 radical (unpaired) electrons. The highest BCUT2D eigenvalue weighted by atomic mass is 16.3. The van der Waals surface area contributed by atoms with Crippen LogP contribution in [-0.2, 0) is 0 Å². The van der Waals surface area contributed by atoms with Gasteiger partial charge in [-0.1, -0.05) is 36.4 Å². The summed E-state index contributed by atoms with van der Waals surface area (Å²) in [4.78, 5) is 12.2. The van der Waals surface area contributed by atoms with Crippen LogP contribution in [0.5, 0.6) is 0 Å². The van der Waals surface area contributed by atoms with E-state index < -0.39 is 0 Å². The van der Waals surface area contributed by atoms with Crippen LogP contribution < -0.4 is 5.43 Å². The lowest BCUT2D eigenvalue weighted by atomic mass is 10.1. The number of benzene rings is 2. The summed E-state index contributed by atoms with van der Waals surface area (Å²) in [5.74, 6) is 0.554. The Morgan fingerprint density at radius 1 is 1.05 bits per heavy atom. The zero-order valence-electron chi connectivity index (χ0n) is 10.5. The van der Waals surface area contributed by atoms with Crippen molar-refractivity contribution in [2.75, 3.05) is 0 Å². The number of aromatic amines is 1. The summed E-state index contributed by atoms with van der Waals surface area (Å²) in [5, 5.41) is 8.43. The van der Waals surface area contributed by atoms with Gasteiger partial charge in [0.15, 0.2) is 11.0 Å². The summed E-state index contributed by atoms with van der Waals surface area (Å²) in [6.07, 6.45) is 1.78. The molecule has 0 spiro atoms. The van der Waals surface area contributed by atoms with Crippen molar-refractivity contribution in [2.45, 2.75) is 0 Å². The Morgan fingerprint density at radius 2 is 1.90 bits per heavy atom. The third-order valence-electron chi connectivity index (χ3n) is 3.36. The van der Waals surface area contributed by atoms with Crippen molar-refractivity contribution in [3.8, 4) is 11.3 Å². The van der Waals surface area contributed by atoms with Gasteiger partial charge in [-0.2, -0.15) is 5.10 Å². The van der Waals surface area contributed by atoms with Gasteiger partial charge in [0.25, 0.3) is 0 Å². The first-order chi connectivity index (χ1) is 9.83. The van der Waals surface area contributed by atoms with Crippen molar-refractivity contribution in [2.24, 2.45) is 0 Å². The Bertz CT molecular complexity index is 968. The van der Waals surface area contributed by atoms with E-state index in [4.69, 9.17) is 4.42 Å². The van der Waals surface area contributed by atoms with Gasteiger partial charge in [-0.3, -0.25) is 9.89 Å². The maximum Gasteiger partial charge on any atom is 0.193 e. The van der Waals surface area contributed by atoms with Crippen molar-refractivity contribution < 1.29 is 4.42 Å². The average molecular weight is 262 g/mol. The smallest absolute Gasteiger partial charge is 0.193 e. The van der Waals surface area contributed by atoms with Crippen molar-refractivity contribution in [1.29, 1.82) is 0 Å². The van der Waals surface area contributed by atoms with Gasteiger partial charge < -0.3 is 4.42 Å². The number of H-pyrrole nitrogens is 1. The third kappa shape index (κ3) is 1.55. The van der Waals surface area contributed by atoms with E-state index in [0.717, 1.165) is 10.9 Å². The second-order valence-corrected chi connectivity index (χ2v) is 4.61. The summed E-state index contributed by atoms with van der Waals surface area (Å²) in [5.41, 5.74) is 2.02. The molecule has 2 heterocycles. The molecule has 20 heavy (non-hydrogen) atoms. The highest BCUT2D eigenvalue weighted by Crippen LogP contribution is 2.26. The summed E-state index contributed by atoms with van der Waals surface area (Å²) in [6.45, 7) is 0. The van der Waals surface area contributed by atoms with Gasteiger partial charge in [-0.05, 0) is 6.07 Å². The molecular formula is C16H10N2O2. The summed E-state index contributed by atoms with van der Waals surface area (Å²) in [7, 11) is 0. The first-order valence-electron chi connectivity index (χ1n) is 6.29. The minimum absolute atomic E-state index is 0.0602. The van der Waals surface area contributed by atoms with Crippen LogP contribution in [0.2, 0.25) is 0 Å². The third-order valence-corrected chi connectivity index (χ3v) is 3.36. The molecule has 0 aliphatic heterocycles. The number of nitrogens with one attached hydrogen (secondary N) is 1. The molecule has 2 aromatic carbocycles. The molecule has 96 valence electrons. The van der Waals surface area contributed by atoms with Crippen LogP contribution in [0.25, 0.3) is 33.2 Å². The Kier molecular flexibility index (Phi) is 2.23. The molecule has 0 fully saturated rings. The van der Waals surface area contributed by atoms with Gasteiger partial charge in [0.1, 0.15) is 11.3 Å². The highest BCUT2D eigenvalue weighted by molar-refractivity contribution is 6.01. The molecule has 1 N–H and O–H groups in total. The van der Waals surface area contributed by atoms with E-state index in [1.807, 2.05) is 36.4 Å². The first-order valence-corrected chi connectivity index (χ1v) is 6.29. The summed E-state index contributed by atoms with van der Waals surface area (Å²) < 4.78 is 5.92. The highest BCUT2D eigenvalue weighted by Gasteiger charge is 2.11. The fraction of sp³-hybridized carbons (Fsp3) is 0. The molecule has 4 rings (SSSR count). The monoisotopic (exact) mass is 262 g/mol. The van der Waals surface area contributed by atoms with Crippen molar-refractivity contribution >= 4 is 21.9 Å². The average Bonchev–Trinajstić information content (AvgIpc) is 2.97. The molecule has 0 amide bonds. The van der Waals surface area contributed by atoms with Crippen LogP contribution >= 0.6 is 0 Å². The number of hydrogen-bond acceptors (Lipinski definition) is 3. The molecular weight excluding hydrogens is 252 g/mol. The van der Waals surface area contributed by atoms with Crippen LogP contribution in [0.4, 0.5) is 0 Å². The number of hydrogen-bond donors (Lipinski definition) is 1. The molecule has 0 saturated carbocycles. The largest absolute Gasteiger partial charge is 0.453 e. The maximum absolute atomic E-state index is 12.2. The first kappa shape index (κ1) is 11.0. The number of nitrogens with zero attached hydrogens (tertiary/aromatic N) is 1. The van der Waals surface area contributed by atoms with E-state index in [0.29, 0.717) is 22.2 Å². The number of aromatic nitrogens is 2. The maximum atomic E-state index is 12.2. The lowest BCUT2D eigenvalue weighted by Crippen LogP contribution is -2.00. The van der Waals surface area contributed by atoms with Gasteiger partial charge >= 0.3 is 0 Å². The molecule has 0 aliphatic rings. The van der Waals surface area contributed by atoms with Gasteiger partial charge in [-0.25, -0.2) is 0 Å². The minimum Gasteiger partial charge on any atom is -0.453 e. The standard InChI is InChI=1S/C16H10N2O2/c19-13-8-14(10-4-2-1-3-5-10)20-16-12(13)7-6-11-9-17-18-15(11)16/h1-9H,(H,17,18). The molecule has 0 bridgehead atoms. The number of rotatable bonds is 1. The zero-order chi connectivity index (χ0) is 13.5. The fourth-order valence-electron chi connectivity index (χ4n) is 2.36. The summed E-state index contributed by atoms with van der Waals surface area (Å²) in [6, 6.07) is 14.7. The van der Waals surface area contributed by atoms with Crippen LogP contribution in [0, 0.1) is 0 Å². The van der Waals surface area contributed by atoms with Gasteiger partial charge in [-0.15, -0.1) is 0 Å². The quantitative estimate of drug-likeness (QED) is 0.572. The Labute approximate surface area is 113 Å². The molecule has 0 aliphatic carbocycles. The van der Waals surface area contributed by atoms with Crippen LogP contribution in [-0.4, -0.2) is 10.2 Å². The fourth-order valence-corrected chi connectivity index (χ4v) is 2.36. The van der Waals surface area contributed by atoms with Crippen LogP contribution in [0.15, 0.2) is 63.9 Å². The summed E-state index contributed by atoms with van der Waals surface area (Å²) >= 11 is 0. The van der Waals surface area contributed by atoms with E-state index in [2.05, 4.69) is 10.2 Å². The topological polar surface area (TPSA) is 58.9 Å². The van der Waals surface area contributed by atoms with Crippen LogP contribution in [0.3, 0.4) is 0 Å². The molecule has 0 saturated heterocycles. The van der Waals surface area contributed by atoms with E-state index >= 15 is 0 Å².